The molecular weight excluding hydrogens is 278 g/mol. The van der Waals surface area contributed by atoms with Gasteiger partial charge in [0.05, 0.1) is 17.0 Å². The number of hydrogen-bond donors (Lipinski definition) is 3. The predicted molar refractivity (Wildman–Crippen MR) is 82.1 cm³/mol. The van der Waals surface area contributed by atoms with Crippen molar-refractivity contribution in [2.45, 2.75) is 39.5 Å². The van der Waals surface area contributed by atoms with Crippen molar-refractivity contribution in [2.75, 3.05) is 19.8 Å². The monoisotopic (exact) mass is 303 g/mol. The number of nitrogens with one attached hydrogen (secondary N) is 1. The fourth-order valence-corrected chi connectivity index (χ4v) is 2.44. The number of amides is 2. The molecule has 0 radical (unpaired) electrons. The van der Waals surface area contributed by atoms with Crippen LogP contribution in [0.2, 0.25) is 0 Å². The van der Waals surface area contributed by atoms with Gasteiger partial charge in [-0.2, -0.15) is 0 Å². The normalized spacial score (nSPS) is 11.1. The van der Waals surface area contributed by atoms with Crippen molar-refractivity contribution in [3.63, 3.8) is 0 Å². The molecule has 0 fully saturated rings. The average molecular weight is 303 g/mol. The van der Waals surface area contributed by atoms with E-state index >= 15 is 0 Å². The third kappa shape index (κ3) is 5.83. The van der Waals surface area contributed by atoms with Gasteiger partial charge in [0, 0.05) is 6.54 Å². The molecule has 20 heavy (non-hydrogen) atoms. The molecule has 0 saturated heterocycles. The van der Waals surface area contributed by atoms with Crippen molar-refractivity contribution in [3.05, 3.63) is 0 Å². The first kappa shape index (κ1) is 18.8. The molecule has 0 atom stereocenters. The molecule has 0 aliphatic rings. The third-order valence-corrected chi connectivity index (χ3v) is 3.43. The zero-order chi connectivity index (χ0) is 15.6. The van der Waals surface area contributed by atoms with Crippen molar-refractivity contribution < 1.29 is 14.3 Å². The van der Waals surface area contributed by atoms with Gasteiger partial charge in [-0.3, -0.25) is 9.59 Å². The van der Waals surface area contributed by atoms with E-state index < -0.39 is 11.3 Å². The quantitative estimate of drug-likeness (QED) is 0.380. The molecule has 2 amide bonds. The van der Waals surface area contributed by atoms with Crippen molar-refractivity contribution in [2.24, 2.45) is 16.9 Å². The highest BCUT2D eigenvalue weighted by Crippen LogP contribution is 2.30. The third-order valence-electron chi connectivity index (χ3n) is 3.04. The van der Waals surface area contributed by atoms with Crippen LogP contribution in [0.3, 0.4) is 0 Å². The molecular formula is C13H25N3O3S. The summed E-state index contributed by atoms with van der Waals surface area (Å²) in [6.45, 7) is 4.35. The van der Waals surface area contributed by atoms with Gasteiger partial charge in [-0.1, -0.05) is 38.9 Å². The Bertz CT molecular complexity index is 342. The summed E-state index contributed by atoms with van der Waals surface area (Å²) in [6.07, 6.45) is 2.90. The van der Waals surface area contributed by atoms with E-state index in [1.807, 2.05) is 13.8 Å². The Labute approximate surface area is 125 Å². The second kappa shape index (κ2) is 9.66. The topological polar surface area (TPSA) is 107 Å². The molecule has 0 spiro atoms. The summed E-state index contributed by atoms with van der Waals surface area (Å²) in [4.78, 5) is 23.1. The summed E-state index contributed by atoms with van der Waals surface area (Å²) in [7, 11) is 0. The Morgan fingerprint density at radius 2 is 1.75 bits per heavy atom. The number of thiocarbonyl (C=S) groups is 1. The molecule has 5 N–H and O–H groups in total. The van der Waals surface area contributed by atoms with Crippen LogP contribution in [0.4, 0.5) is 0 Å². The molecule has 0 aromatic carbocycles. The Hall–Kier alpha value is -1.21. The number of carbonyl (C=O) groups is 2. The van der Waals surface area contributed by atoms with Crippen molar-refractivity contribution in [1.82, 2.24) is 5.32 Å². The highest BCUT2D eigenvalue weighted by molar-refractivity contribution is 7.80. The minimum atomic E-state index is -0.789. The van der Waals surface area contributed by atoms with Crippen molar-refractivity contribution in [1.29, 1.82) is 0 Å². The van der Waals surface area contributed by atoms with Gasteiger partial charge >= 0.3 is 0 Å². The maximum absolute atomic E-state index is 12.4. The number of ether oxygens (including phenoxy) is 1. The van der Waals surface area contributed by atoms with Gasteiger partial charge in [0.2, 0.25) is 11.8 Å². The van der Waals surface area contributed by atoms with E-state index in [1.54, 1.807) is 0 Å². The molecule has 0 saturated carbocycles. The van der Waals surface area contributed by atoms with Crippen molar-refractivity contribution >= 4 is 29.0 Å². The van der Waals surface area contributed by atoms with E-state index in [0.717, 1.165) is 12.8 Å². The number of carbonyl (C=O) groups excluding carboxylic acids is 2. The Morgan fingerprint density at radius 1 is 1.20 bits per heavy atom. The predicted octanol–water partition coefficient (Wildman–Crippen LogP) is 0.477. The minimum Gasteiger partial charge on any atom is -0.392 e. The van der Waals surface area contributed by atoms with Gasteiger partial charge in [0.1, 0.15) is 6.61 Å². The molecule has 0 aliphatic heterocycles. The Morgan fingerprint density at radius 3 is 2.15 bits per heavy atom. The largest absolute Gasteiger partial charge is 0.392 e. The maximum Gasteiger partial charge on any atom is 0.243 e. The first-order valence-corrected chi connectivity index (χ1v) is 7.25. The Balaban J connectivity index is 4.48. The summed E-state index contributed by atoms with van der Waals surface area (Å²) < 4.78 is 4.99. The van der Waals surface area contributed by atoms with Gasteiger partial charge in [0.15, 0.2) is 0 Å². The molecule has 0 bridgehead atoms. The first-order chi connectivity index (χ1) is 9.40. The van der Waals surface area contributed by atoms with E-state index in [4.69, 9.17) is 28.4 Å². The zero-order valence-electron chi connectivity index (χ0n) is 12.2. The van der Waals surface area contributed by atoms with E-state index in [0.29, 0.717) is 19.4 Å². The molecule has 0 aromatic heterocycles. The standard InChI is InChI=1S/C13H25N3O3S/c1-3-5-13(6-4-2,11(15)20)12(18)16-7-8-19-9-10(14)17/h3-9H2,1-2H3,(H2,14,17)(H2,15,20)(H,16,18). The van der Waals surface area contributed by atoms with E-state index in [9.17, 15) is 9.59 Å². The van der Waals surface area contributed by atoms with Gasteiger partial charge in [-0.15, -0.1) is 0 Å². The van der Waals surface area contributed by atoms with Gasteiger partial charge in [-0.05, 0) is 12.8 Å². The second-order valence-corrected chi connectivity index (χ2v) is 5.16. The molecule has 0 unspecified atom stereocenters. The van der Waals surface area contributed by atoms with Crippen LogP contribution in [-0.2, 0) is 14.3 Å². The van der Waals surface area contributed by atoms with E-state index in [-0.39, 0.29) is 24.1 Å². The SMILES string of the molecule is CCCC(CCC)(C(=O)NCCOCC(N)=O)C(N)=S. The van der Waals surface area contributed by atoms with Crippen LogP contribution in [0.1, 0.15) is 39.5 Å². The fraction of sp³-hybridized carbons (Fsp3) is 0.769. The molecule has 0 rings (SSSR count). The molecule has 0 heterocycles. The van der Waals surface area contributed by atoms with Crippen LogP contribution in [0, 0.1) is 5.41 Å². The number of hydrogen-bond acceptors (Lipinski definition) is 4. The molecule has 0 aliphatic carbocycles. The van der Waals surface area contributed by atoms with Crippen LogP contribution < -0.4 is 16.8 Å². The van der Waals surface area contributed by atoms with Gasteiger partial charge < -0.3 is 21.5 Å². The lowest BCUT2D eigenvalue weighted by Gasteiger charge is -2.31. The van der Waals surface area contributed by atoms with Crippen molar-refractivity contribution in [3.8, 4) is 0 Å². The van der Waals surface area contributed by atoms with Crippen LogP contribution >= 0.6 is 12.2 Å². The van der Waals surface area contributed by atoms with Gasteiger partial charge in [-0.25, -0.2) is 0 Å². The smallest absolute Gasteiger partial charge is 0.243 e. The molecule has 116 valence electrons. The molecule has 7 heteroatoms. The fourth-order valence-electron chi connectivity index (χ4n) is 2.14. The summed E-state index contributed by atoms with van der Waals surface area (Å²) in [5, 5.41) is 2.76. The van der Waals surface area contributed by atoms with E-state index in [1.165, 1.54) is 0 Å². The second-order valence-electron chi connectivity index (χ2n) is 4.72. The maximum atomic E-state index is 12.4. The number of primary amides is 1. The molecule has 0 aromatic rings. The first-order valence-electron chi connectivity index (χ1n) is 6.85. The summed E-state index contributed by atoms with van der Waals surface area (Å²) in [6, 6.07) is 0. The minimum absolute atomic E-state index is 0.153. The van der Waals surface area contributed by atoms with Crippen LogP contribution in [-0.4, -0.2) is 36.6 Å². The molecule has 6 nitrogen and oxygen atoms in total. The summed E-state index contributed by atoms with van der Waals surface area (Å²) >= 11 is 5.10. The number of rotatable bonds is 11. The lowest BCUT2D eigenvalue weighted by Crippen LogP contribution is -2.49. The average Bonchev–Trinajstić information content (AvgIpc) is 2.36. The highest BCUT2D eigenvalue weighted by atomic mass is 32.1. The lowest BCUT2D eigenvalue weighted by molar-refractivity contribution is -0.128. The van der Waals surface area contributed by atoms with Crippen LogP contribution in [0.25, 0.3) is 0 Å². The van der Waals surface area contributed by atoms with Gasteiger partial charge in [0.25, 0.3) is 0 Å². The Kier molecular flexibility index (Phi) is 9.07. The van der Waals surface area contributed by atoms with Crippen LogP contribution in [0.15, 0.2) is 0 Å². The zero-order valence-corrected chi connectivity index (χ0v) is 13.1. The van der Waals surface area contributed by atoms with E-state index in [2.05, 4.69) is 5.32 Å². The lowest BCUT2D eigenvalue weighted by atomic mass is 9.78. The number of nitrogens with two attached hydrogens (primary N) is 2. The summed E-state index contributed by atoms with van der Waals surface area (Å²) in [5.41, 5.74) is 9.94. The summed E-state index contributed by atoms with van der Waals surface area (Å²) in [5.74, 6) is -0.706. The highest BCUT2D eigenvalue weighted by Gasteiger charge is 2.39. The van der Waals surface area contributed by atoms with Crippen LogP contribution in [0.5, 0.6) is 0 Å².